The number of nitrogens with one attached hydrogen (secondary N) is 2. The molecule has 26 heavy (non-hydrogen) atoms. The molecular formula is C18H30F3N3OSi. The van der Waals surface area contributed by atoms with Gasteiger partial charge in [0.2, 0.25) is 0 Å². The zero-order valence-corrected chi connectivity index (χ0v) is 17.5. The fourth-order valence-electron chi connectivity index (χ4n) is 2.32. The van der Waals surface area contributed by atoms with Crippen LogP contribution >= 0.6 is 0 Å². The molecule has 0 bridgehead atoms. The van der Waals surface area contributed by atoms with Crippen LogP contribution < -0.4 is 10.1 Å². The number of benzene rings is 1. The lowest BCUT2D eigenvalue weighted by molar-refractivity contribution is -0.138. The lowest BCUT2D eigenvalue weighted by Crippen LogP contribution is -2.32. The van der Waals surface area contributed by atoms with Crippen LogP contribution in [0.5, 0.6) is 5.75 Å². The van der Waals surface area contributed by atoms with E-state index in [2.05, 4.69) is 25.0 Å². The average Bonchev–Trinajstić information content (AvgIpc) is 2.50. The number of aryl methyl sites for hydroxylation is 1. The number of guanidine groups is 1. The van der Waals surface area contributed by atoms with Gasteiger partial charge in [0.1, 0.15) is 5.75 Å². The molecule has 1 rings (SSSR count). The van der Waals surface area contributed by atoms with Crippen LogP contribution in [0.15, 0.2) is 12.1 Å². The SMILES string of the molecule is CCN(C)C(=N)Nc1cc(C(F)(F)F)c(OCCC[Si](C)(C)C)cc1C. The van der Waals surface area contributed by atoms with E-state index in [1.807, 2.05) is 6.92 Å². The largest absolute Gasteiger partial charge is 0.493 e. The molecule has 0 radical (unpaired) electrons. The van der Waals surface area contributed by atoms with E-state index in [9.17, 15) is 13.2 Å². The molecular weight excluding hydrogens is 359 g/mol. The highest BCUT2D eigenvalue weighted by atomic mass is 28.3. The van der Waals surface area contributed by atoms with Crippen molar-refractivity contribution in [3.63, 3.8) is 0 Å². The molecule has 2 N–H and O–H groups in total. The normalized spacial score (nSPS) is 12.0. The molecule has 0 aromatic heterocycles. The predicted octanol–water partition coefficient (Wildman–Crippen LogP) is 5.42. The van der Waals surface area contributed by atoms with Crippen molar-refractivity contribution in [1.29, 1.82) is 5.41 Å². The van der Waals surface area contributed by atoms with Gasteiger partial charge in [0.05, 0.1) is 12.2 Å². The third kappa shape index (κ3) is 6.90. The van der Waals surface area contributed by atoms with E-state index in [-0.39, 0.29) is 24.0 Å². The van der Waals surface area contributed by atoms with Crippen molar-refractivity contribution in [2.24, 2.45) is 0 Å². The average molecular weight is 390 g/mol. The number of halogens is 3. The van der Waals surface area contributed by atoms with Crippen molar-refractivity contribution in [2.75, 3.05) is 25.5 Å². The van der Waals surface area contributed by atoms with Gasteiger partial charge >= 0.3 is 6.18 Å². The Labute approximate surface area is 155 Å². The van der Waals surface area contributed by atoms with Crippen molar-refractivity contribution < 1.29 is 17.9 Å². The third-order valence-corrected chi connectivity index (χ3v) is 5.92. The Balaban J connectivity index is 3.01. The molecule has 4 nitrogen and oxygen atoms in total. The molecule has 1 aromatic rings. The standard InChI is InChI=1S/C18H30F3N3OSi/c1-7-24(3)17(22)23-15-12-14(18(19,20)21)16(11-13(15)2)25-9-8-10-26(4,5)6/h11-12H,7-10H2,1-6H3,(H2,22,23). The van der Waals surface area contributed by atoms with E-state index in [0.717, 1.165) is 18.5 Å². The van der Waals surface area contributed by atoms with Crippen molar-refractivity contribution in [3.8, 4) is 5.75 Å². The molecule has 0 aliphatic rings. The summed E-state index contributed by atoms with van der Waals surface area (Å²) >= 11 is 0. The first-order chi connectivity index (χ1) is 11.8. The van der Waals surface area contributed by atoms with Crippen LogP contribution in [0.3, 0.4) is 0 Å². The molecule has 0 fully saturated rings. The summed E-state index contributed by atoms with van der Waals surface area (Å²) in [4.78, 5) is 1.60. The maximum absolute atomic E-state index is 13.5. The molecule has 0 saturated heterocycles. The fourth-order valence-corrected chi connectivity index (χ4v) is 3.53. The Morgan fingerprint density at radius 3 is 2.38 bits per heavy atom. The van der Waals surface area contributed by atoms with Gasteiger partial charge in [0.15, 0.2) is 5.96 Å². The molecule has 0 spiro atoms. The molecule has 0 aliphatic heterocycles. The minimum Gasteiger partial charge on any atom is -0.493 e. The maximum Gasteiger partial charge on any atom is 0.420 e. The quantitative estimate of drug-likeness (QED) is 0.283. The summed E-state index contributed by atoms with van der Waals surface area (Å²) in [6.07, 6.45) is -3.77. The van der Waals surface area contributed by atoms with Crippen LogP contribution in [-0.4, -0.2) is 39.1 Å². The van der Waals surface area contributed by atoms with Gasteiger partial charge in [-0.1, -0.05) is 25.7 Å². The van der Waals surface area contributed by atoms with Gasteiger partial charge in [-0.2, -0.15) is 13.2 Å². The summed E-state index contributed by atoms with van der Waals surface area (Å²) in [7, 11) is 0.461. The Morgan fingerprint density at radius 2 is 1.88 bits per heavy atom. The smallest absolute Gasteiger partial charge is 0.420 e. The van der Waals surface area contributed by atoms with Crippen molar-refractivity contribution in [1.82, 2.24) is 4.90 Å². The Bertz CT molecular complexity index is 627. The van der Waals surface area contributed by atoms with E-state index in [1.54, 1.807) is 18.9 Å². The molecule has 148 valence electrons. The molecule has 8 heteroatoms. The number of alkyl halides is 3. The lowest BCUT2D eigenvalue weighted by Gasteiger charge is -2.22. The van der Waals surface area contributed by atoms with Gasteiger partial charge < -0.3 is 15.0 Å². The second-order valence-corrected chi connectivity index (χ2v) is 13.3. The molecule has 0 amide bonds. The highest BCUT2D eigenvalue weighted by Gasteiger charge is 2.35. The molecule has 0 unspecified atom stereocenters. The number of rotatable bonds is 7. The number of ether oxygens (including phenoxy) is 1. The van der Waals surface area contributed by atoms with Crippen molar-refractivity contribution in [2.45, 2.75) is 52.1 Å². The van der Waals surface area contributed by atoms with E-state index in [4.69, 9.17) is 10.1 Å². The second-order valence-electron chi connectivity index (χ2n) is 7.66. The first-order valence-corrected chi connectivity index (χ1v) is 12.5. The number of anilines is 1. The minimum atomic E-state index is -4.52. The summed E-state index contributed by atoms with van der Waals surface area (Å²) in [6, 6.07) is 3.44. The monoisotopic (exact) mass is 389 g/mol. The number of hydrogen-bond acceptors (Lipinski definition) is 2. The maximum atomic E-state index is 13.5. The Hall–Kier alpha value is -1.70. The van der Waals surface area contributed by atoms with E-state index >= 15 is 0 Å². The molecule has 0 saturated carbocycles. The first kappa shape index (κ1) is 22.3. The minimum absolute atomic E-state index is 0.0486. The van der Waals surface area contributed by atoms with Crippen molar-refractivity contribution in [3.05, 3.63) is 23.3 Å². The van der Waals surface area contributed by atoms with Gasteiger partial charge in [0, 0.05) is 27.4 Å². The van der Waals surface area contributed by atoms with Gasteiger partial charge in [-0.15, -0.1) is 0 Å². The highest BCUT2D eigenvalue weighted by molar-refractivity contribution is 6.76. The molecule has 0 atom stereocenters. The molecule has 0 aliphatic carbocycles. The van der Waals surface area contributed by atoms with Crippen LogP contribution in [0.25, 0.3) is 0 Å². The van der Waals surface area contributed by atoms with Crippen LogP contribution in [0.1, 0.15) is 24.5 Å². The first-order valence-electron chi connectivity index (χ1n) is 8.76. The molecule has 1 aromatic carbocycles. The summed E-state index contributed by atoms with van der Waals surface area (Å²) in [5, 5.41) is 10.7. The summed E-state index contributed by atoms with van der Waals surface area (Å²) in [5.74, 6) is -0.0981. The van der Waals surface area contributed by atoms with Gasteiger partial charge in [-0.25, -0.2) is 0 Å². The van der Waals surface area contributed by atoms with Crippen LogP contribution in [0.2, 0.25) is 25.7 Å². The topological polar surface area (TPSA) is 48.4 Å². The summed E-state index contributed by atoms with van der Waals surface area (Å²) in [6.45, 7) is 11.1. The number of nitrogens with zero attached hydrogens (tertiary/aromatic N) is 1. The highest BCUT2D eigenvalue weighted by Crippen LogP contribution is 2.39. The van der Waals surface area contributed by atoms with E-state index in [0.29, 0.717) is 12.1 Å². The molecule has 0 heterocycles. The van der Waals surface area contributed by atoms with Gasteiger partial charge in [-0.05, 0) is 38.0 Å². The van der Waals surface area contributed by atoms with Gasteiger partial charge in [0.25, 0.3) is 0 Å². The van der Waals surface area contributed by atoms with Gasteiger partial charge in [-0.3, -0.25) is 5.41 Å². The summed E-state index contributed by atoms with van der Waals surface area (Å²) < 4.78 is 45.8. The number of hydrogen-bond donors (Lipinski definition) is 2. The Kier molecular flexibility index (Phi) is 7.55. The zero-order valence-electron chi connectivity index (χ0n) is 16.5. The lowest BCUT2D eigenvalue weighted by atomic mass is 10.1. The zero-order chi connectivity index (χ0) is 20.1. The summed E-state index contributed by atoms with van der Waals surface area (Å²) in [5.41, 5.74) is 0.0510. The van der Waals surface area contributed by atoms with Crippen molar-refractivity contribution >= 4 is 19.7 Å². The third-order valence-electron chi connectivity index (χ3n) is 4.07. The van der Waals surface area contributed by atoms with E-state index in [1.165, 1.54) is 6.07 Å². The predicted molar refractivity (Wildman–Crippen MR) is 104 cm³/mol. The Morgan fingerprint density at radius 1 is 1.27 bits per heavy atom. The van der Waals surface area contributed by atoms with Crippen LogP contribution in [-0.2, 0) is 6.18 Å². The second kappa shape index (κ2) is 8.79. The van der Waals surface area contributed by atoms with Crippen LogP contribution in [0.4, 0.5) is 18.9 Å². The van der Waals surface area contributed by atoms with E-state index < -0.39 is 19.8 Å². The fraction of sp³-hybridized carbons (Fsp3) is 0.611. The van der Waals surface area contributed by atoms with Crippen LogP contribution in [0, 0.1) is 12.3 Å².